The second-order valence-electron chi connectivity index (χ2n) is 8.46. The highest BCUT2D eigenvalue weighted by atomic mass is 19.4. The number of pyridine rings is 1. The number of fused-ring (bicyclic) bond motifs is 1. The molecule has 2 N–H and O–H groups in total. The molecule has 0 aliphatic carbocycles. The van der Waals surface area contributed by atoms with Crippen molar-refractivity contribution in [1.29, 1.82) is 0 Å². The van der Waals surface area contributed by atoms with E-state index in [2.05, 4.69) is 27.4 Å². The molecule has 3 heterocycles. The third-order valence-corrected chi connectivity index (χ3v) is 6.16. The number of benzene rings is 1. The number of aromatic nitrogens is 3. The van der Waals surface area contributed by atoms with Crippen LogP contribution in [0, 0.1) is 5.92 Å². The van der Waals surface area contributed by atoms with Gasteiger partial charge < -0.3 is 10.2 Å². The lowest BCUT2D eigenvalue weighted by Gasteiger charge is -2.33. The van der Waals surface area contributed by atoms with Gasteiger partial charge in [0.15, 0.2) is 0 Å². The number of nitrogens with zero attached hydrogens (tertiary/aromatic N) is 3. The summed E-state index contributed by atoms with van der Waals surface area (Å²) >= 11 is 0. The average Bonchev–Trinajstić information content (AvgIpc) is 3.26. The van der Waals surface area contributed by atoms with Crippen molar-refractivity contribution in [1.82, 2.24) is 20.5 Å². The largest absolute Gasteiger partial charge is 0.433 e. The predicted octanol–water partition coefficient (Wildman–Crippen LogP) is 4.63. The summed E-state index contributed by atoms with van der Waals surface area (Å²) in [4.78, 5) is 18.7. The molecule has 1 amide bonds. The van der Waals surface area contributed by atoms with Crippen LogP contribution < -0.4 is 10.2 Å². The molecular weight excluding hydrogens is 419 g/mol. The lowest BCUT2D eigenvalue weighted by Crippen LogP contribution is -2.35. The number of piperidine rings is 1. The molecule has 1 aliphatic rings. The molecule has 1 aromatic carbocycles. The maximum Gasteiger partial charge on any atom is 0.433 e. The molecule has 32 heavy (non-hydrogen) atoms. The summed E-state index contributed by atoms with van der Waals surface area (Å²) in [5.41, 5.74) is 1.34. The SMILES string of the molecule is CC1CCN(c2nc(C(F)(F)F)ccc2CNC(=O)C(C)c2cccc3[nH]ncc23)CC1. The van der Waals surface area contributed by atoms with Crippen LogP contribution in [0.15, 0.2) is 36.5 Å². The molecule has 1 atom stereocenters. The molecule has 3 aromatic rings. The number of H-pyrrole nitrogens is 1. The molecule has 1 aliphatic heterocycles. The van der Waals surface area contributed by atoms with Crippen LogP contribution in [-0.2, 0) is 17.5 Å². The second-order valence-corrected chi connectivity index (χ2v) is 8.46. The molecule has 4 rings (SSSR count). The molecule has 1 saturated heterocycles. The van der Waals surface area contributed by atoms with Gasteiger partial charge in [-0.25, -0.2) is 4.98 Å². The van der Waals surface area contributed by atoms with E-state index >= 15 is 0 Å². The van der Waals surface area contributed by atoms with Gasteiger partial charge in [-0.2, -0.15) is 18.3 Å². The number of nitrogens with one attached hydrogen (secondary N) is 2. The zero-order valence-electron chi connectivity index (χ0n) is 18.0. The van der Waals surface area contributed by atoms with Crippen molar-refractivity contribution in [3.8, 4) is 0 Å². The van der Waals surface area contributed by atoms with E-state index in [0.29, 0.717) is 30.4 Å². The van der Waals surface area contributed by atoms with Crippen LogP contribution >= 0.6 is 0 Å². The van der Waals surface area contributed by atoms with Crippen molar-refractivity contribution in [2.45, 2.75) is 45.3 Å². The Balaban J connectivity index is 1.54. The van der Waals surface area contributed by atoms with Gasteiger partial charge in [0.2, 0.25) is 5.91 Å². The molecular formula is C23H26F3N5O. The van der Waals surface area contributed by atoms with Crippen molar-refractivity contribution in [2.24, 2.45) is 5.92 Å². The minimum atomic E-state index is -4.52. The number of carbonyl (C=O) groups excluding carboxylic acids is 1. The molecule has 6 nitrogen and oxygen atoms in total. The van der Waals surface area contributed by atoms with Crippen molar-refractivity contribution < 1.29 is 18.0 Å². The van der Waals surface area contributed by atoms with Gasteiger partial charge in [-0.1, -0.05) is 25.1 Å². The number of hydrogen-bond donors (Lipinski definition) is 2. The van der Waals surface area contributed by atoms with E-state index in [0.717, 1.165) is 35.4 Å². The number of anilines is 1. The highest BCUT2D eigenvalue weighted by Gasteiger charge is 2.34. The highest BCUT2D eigenvalue weighted by molar-refractivity contribution is 5.91. The van der Waals surface area contributed by atoms with Gasteiger partial charge in [0, 0.05) is 30.6 Å². The van der Waals surface area contributed by atoms with Crippen molar-refractivity contribution in [2.75, 3.05) is 18.0 Å². The first kappa shape index (κ1) is 22.1. The number of carbonyl (C=O) groups is 1. The van der Waals surface area contributed by atoms with Crippen molar-refractivity contribution in [3.63, 3.8) is 0 Å². The van der Waals surface area contributed by atoms with Gasteiger partial charge in [0.25, 0.3) is 0 Å². The van der Waals surface area contributed by atoms with Crippen LogP contribution in [0.4, 0.5) is 19.0 Å². The fourth-order valence-electron chi connectivity index (χ4n) is 4.11. The fourth-order valence-corrected chi connectivity index (χ4v) is 4.11. The van der Waals surface area contributed by atoms with Crippen LogP contribution in [0.1, 0.15) is 49.4 Å². The van der Waals surface area contributed by atoms with Gasteiger partial charge in [0.05, 0.1) is 17.6 Å². The third kappa shape index (κ3) is 4.56. The molecule has 2 aromatic heterocycles. The minimum Gasteiger partial charge on any atom is -0.356 e. The second kappa shape index (κ2) is 8.80. The first-order valence-corrected chi connectivity index (χ1v) is 10.8. The van der Waals surface area contributed by atoms with E-state index < -0.39 is 17.8 Å². The van der Waals surface area contributed by atoms with Crippen LogP contribution in [0.3, 0.4) is 0 Å². The Bertz CT molecular complexity index is 1100. The fraction of sp³-hybridized carbons (Fsp3) is 0.435. The summed E-state index contributed by atoms with van der Waals surface area (Å²) in [7, 11) is 0. The molecule has 0 spiro atoms. The van der Waals surface area contributed by atoms with Gasteiger partial charge in [-0.15, -0.1) is 0 Å². The number of hydrogen-bond acceptors (Lipinski definition) is 4. The van der Waals surface area contributed by atoms with Crippen molar-refractivity contribution in [3.05, 3.63) is 53.3 Å². The van der Waals surface area contributed by atoms with Gasteiger partial charge in [0.1, 0.15) is 11.5 Å². The molecule has 1 fully saturated rings. The Labute approximate surface area is 184 Å². The molecule has 1 unspecified atom stereocenters. The summed E-state index contributed by atoms with van der Waals surface area (Å²) in [6.45, 7) is 5.34. The summed E-state index contributed by atoms with van der Waals surface area (Å²) in [6, 6.07) is 8.02. The number of aromatic amines is 1. The topological polar surface area (TPSA) is 73.9 Å². The predicted molar refractivity (Wildman–Crippen MR) is 116 cm³/mol. The Morgan fingerprint density at radius 1 is 1.25 bits per heavy atom. The first-order valence-electron chi connectivity index (χ1n) is 10.8. The zero-order valence-corrected chi connectivity index (χ0v) is 18.0. The lowest BCUT2D eigenvalue weighted by atomic mass is 9.97. The van der Waals surface area contributed by atoms with E-state index in [4.69, 9.17) is 0 Å². The Hall–Kier alpha value is -3.10. The first-order chi connectivity index (χ1) is 15.2. The monoisotopic (exact) mass is 445 g/mol. The summed E-state index contributed by atoms with van der Waals surface area (Å²) < 4.78 is 39.8. The van der Waals surface area contributed by atoms with E-state index in [1.165, 1.54) is 6.07 Å². The molecule has 0 saturated carbocycles. The number of halogens is 3. The van der Waals surface area contributed by atoms with E-state index in [-0.39, 0.29) is 12.5 Å². The van der Waals surface area contributed by atoms with Gasteiger partial charge in [-0.3, -0.25) is 9.89 Å². The van der Waals surface area contributed by atoms with Gasteiger partial charge in [-0.05, 0) is 43.4 Å². The van der Waals surface area contributed by atoms with Crippen molar-refractivity contribution >= 4 is 22.6 Å². The highest BCUT2D eigenvalue weighted by Crippen LogP contribution is 2.32. The average molecular weight is 445 g/mol. The van der Waals surface area contributed by atoms with E-state index in [1.807, 2.05) is 23.1 Å². The zero-order chi connectivity index (χ0) is 22.9. The normalized spacial score (nSPS) is 16.3. The molecule has 0 radical (unpaired) electrons. The standard InChI is InChI=1S/C23H26F3N5O/c1-14-8-10-31(11-9-14)21-16(6-7-20(29-21)23(24,25)26)12-27-22(32)15(2)17-4-3-5-19-18(17)13-28-30-19/h3-7,13-15H,8-12H2,1-2H3,(H,27,32)(H,28,30). The summed E-state index contributed by atoms with van der Waals surface area (Å²) in [6.07, 6.45) is -1.04. The Morgan fingerprint density at radius 2 is 2.00 bits per heavy atom. The molecule has 9 heteroatoms. The Kier molecular flexibility index (Phi) is 6.08. The number of alkyl halides is 3. The van der Waals surface area contributed by atoms with Crippen LogP contribution in [0.25, 0.3) is 10.9 Å². The summed E-state index contributed by atoms with van der Waals surface area (Å²) in [5.74, 6) is 0.179. The smallest absolute Gasteiger partial charge is 0.356 e. The van der Waals surface area contributed by atoms with Crippen LogP contribution in [0.2, 0.25) is 0 Å². The minimum absolute atomic E-state index is 0.108. The number of amides is 1. The van der Waals surface area contributed by atoms with Gasteiger partial charge >= 0.3 is 6.18 Å². The number of rotatable bonds is 5. The maximum atomic E-state index is 13.3. The van der Waals surface area contributed by atoms with Crippen LogP contribution in [0.5, 0.6) is 0 Å². The van der Waals surface area contributed by atoms with E-state index in [9.17, 15) is 18.0 Å². The Morgan fingerprint density at radius 3 is 2.72 bits per heavy atom. The molecule has 170 valence electrons. The lowest BCUT2D eigenvalue weighted by molar-refractivity contribution is -0.141. The quantitative estimate of drug-likeness (QED) is 0.601. The maximum absolute atomic E-state index is 13.3. The van der Waals surface area contributed by atoms with Crippen LogP contribution in [-0.4, -0.2) is 34.2 Å². The van der Waals surface area contributed by atoms with E-state index in [1.54, 1.807) is 13.1 Å². The third-order valence-electron chi connectivity index (χ3n) is 6.16. The summed E-state index contributed by atoms with van der Waals surface area (Å²) in [5, 5.41) is 10.7. The molecule has 0 bridgehead atoms.